The van der Waals surface area contributed by atoms with Crippen LogP contribution in [0, 0.1) is 12.7 Å². The number of para-hydroxylation sites is 2. The molecule has 0 atom stereocenters. The Bertz CT molecular complexity index is 1140. The molecule has 1 heterocycles. The van der Waals surface area contributed by atoms with E-state index < -0.39 is 0 Å². The highest BCUT2D eigenvalue weighted by Crippen LogP contribution is 2.25. The van der Waals surface area contributed by atoms with E-state index in [4.69, 9.17) is 4.98 Å². The van der Waals surface area contributed by atoms with Gasteiger partial charge in [-0.25, -0.2) is 9.37 Å². The molecule has 6 heteroatoms. The number of carbonyl (C=O) groups is 1. The van der Waals surface area contributed by atoms with E-state index in [1.54, 1.807) is 12.1 Å². The number of hydrogen-bond donors (Lipinski definition) is 1. The van der Waals surface area contributed by atoms with Crippen molar-refractivity contribution in [2.45, 2.75) is 18.6 Å². The molecule has 0 spiro atoms. The first-order valence-electron chi connectivity index (χ1n) is 9.27. The van der Waals surface area contributed by atoms with Gasteiger partial charge in [-0.05, 0) is 48.9 Å². The number of benzene rings is 3. The van der Waals surface area contributed by atoms with Crippen LogP contribution in [-0.2, 0) is 11.3 Å². The molecule has 0 fully saturated rings. The Morgan fingerprint density at radius 2 is 1.76 bits per heavy atom. The van der Waals surface area contributed by atoms with E-state index in [1.165, 1.54) is 35.0 Å². The zero-order valence-electron chi connectivity index (χ0n) is 15.9. The van der Waals surface area contributed by atoms with Crippen LogP contribution >= 0.6 is 11.8 Å². The maximum atomic E-state index is 13.0. The van der Waals surface area contributed by atoms with Crippen molar-refractivity contribution in [1.82, 2.24) is 9.55 Å². The third-order valence-corrected chi connectivity index (χ3v) is 5.52. The van der Waals surface area contributed by atoms with Gasteiger partial charge >= 0.3 is 0 Å². The van der Waals surface area contributed by atoms with Crippen LogP contribution < -0.4 is 5.32 Å². The second-order valence-electron chi connectivity index (χ2n) is 6.80. The third-order valence-electron chi connectivity index (χ3n) is 4.54. The second-order valence-corrected chi connectivity index (χ2v) is 7.74. The summed E-state index contributed by atoms with van der Waals surface area (Å²) >= 11 is 1.39. The van der Waals surface area contributed by atoms with Crippen molar-refractivity contribution in [3.05, 3.63) is 89.7 Å². The summed E-state index contributed by atoms with van der Waals surface area (Å²) in [5, 5.41) is 3.58. The molecule has 0 aliphatic carbocycles. The summed E-state index contributed by atoms with van der Waals surface area (Å²) in [6.07, 6.45) is 0. The number of aryl methyl sites for hydroxylation is 1. The number of anilines is 1. The van der Waals surface area contributed by atoms with Crippen LogP contribution in [0.4, 0.5) is 10.1 Å². The Balaban J connectivity index is 1.52. The summed E-state index contributed by atoms with van der Waals surface area (Å²) in [6.45, 7) is 2.75. The molecule has 4 aromatic rings. The van der Waals surface area contributed by atoms with Gasteiger partial charge in [0, 0.05) is 5.69 Å². The van der Waals surface area contributed by atoms with Crippen LogP contribution in [-0.4, -0.2) is 21.2 Å². The van der Waals surface area contributed by atoms with E-state index >= 15 is 0 Å². The van der Waals surface area contributed by atoms with Crippen molar-refractivity contribution < 1.29 is 9.18 Å². The van der Waals surface area contributed by atoms with E-state index in [0.29, 0.717) is 12.2 Å². The molecule has 1 amide bonds. The lowest BCUT2D eigenvalue weighted by atomic mass is 10.1. The van der Waals surface area contributed by atoms with Crippen LogP contribution in [0.2, 0.25) is 0 Å². The van der Waals surface area contributed by atoms with Crippen molar-refractivity contribution in [2.75, 3.05) is 11.1 Å². The summed E-state index contributed by atoms with van der Waals surface area (Å²) in [5.41, 5.74) is 4.91. The van der Waals surface area contributed by atoms with Gasteiger partial charge in [0.05, 0.1) is 23.3 Å². The molecule has 0 saturated heterocycles. The molecule has 146 valence electrons. The van der Waals surface area contributed by atoms with Crippen LogP contribution in [0.1, 0.15) is 11.1 Å². The standard InChI is InChI=1S/C23H20FN3OS/c1-16-6-8-17(9-7-16)14-27-21-5-3-2-4-20(21)26-23(27)29-15-22(28)25-19-12-10-18(24)11-13-19/h2-13H,14-15H2,1H3,(H,25,28). The lowest BCUT2D eigenvalue weighted by Crippen LogP contribution is -2.14. The molecule has 0 aliphatic heterocycles. The van der Waals surface area contributed by atoms with Gasteiger partial charge in [-0.2, -0.15) is 0 Å². The average Bonchev–Trinajstić information content (AvgIpc) is 3.07. The number of hydrogen-bond acceptors (Lipinski definition) is 3. The van der Waals surface area contributed by atoms with E-state index in [9.17, 15) is 9.18 Å². The van der Waals surface area contributed by atoms with Crippen LogP contribution in [0.15, 0.2) is 78.0 Å². The maximum Gasteiger partial charge on any atom is 0.234 e. The van der Waals surface area contributed by atoms with Gasteiger partial charge < -0.3 is 9.88 Å². The number of halogens is 1. The quantitative estimate of drug-likeness (QED) is 0.445. The highest BCUT2D eigenvalue weighted by atomic mass is 32.2. The molecule has 29 heavy (non-hydrogen) atoms. The van der Waals surface area contributed by atoms with Crippen LogP contribution in [0.5, 0.6) is 0 Å². The first-order valence-corrected chi connectivity index (χ1v) is 10.3. The minimum atomic E-state index is -0.331. The molecule has 0 aliphatic rings. The lowest BCUT2D eigenvalue weighted by Gasteiger charge is -2.10. The fourth-order valence-corrected chi connectivity index (χ4v) is 3.87. The molecular formula is C23H20FN3OS. The van der Waals surface area contributed by atoms with Gasteiger partial charge in [-0.3, -0.25) is 4.79 Å². The van der Waals surface area contributed by atoms with Gasteiger partial charge in [-0.15, -0.1) is 0 Å². The zero-order chi connectivity index (χ0) is 20.2. The smallest absolute Gasteiger partial charge is 0.234 e. The van der Waals surface area contributed by atoms with Crippen molar-refractivity contribution >= 4 is 34.4 Å². The molecule has 0 unspecified atom stereocenters. The zero-order valence-corrected chi connectivity index (χ0v) is 16.7. The number of rotatable bonds is 6. The monoisotopic (exact) mass is 405 g/mol. The van der Waals surface area contributed by atoms with Crippen molar-refractivity contribution in [2.24, 2.45) is 0 Å². The number of aromatic nitrogens is 2. The predicted octanol–water partition coefficient (Wildman–Crippen LogP) is 5.26. The fourth-order valence-electron chi connectivity index (χ4n) is 3.05. The van der Waals surface area contributed by atoms with Gasteiger partial charge in [0.1, 0.15) is 5.82 Å². The molecule has 1 aromatic heterocycles. The van der Waals surface area contributed by atoms with Crippen LogP contribution in [0.25, 0.3) is 11.0 Å². The fraction of sp³-hybridized carbons (Fsp3) is 0.130. The van der Waals surface area contributed by atoms with E-state index in [-0.39, 0.29) is 17.5 Å². The second kappa shape index (κ2) is 8.49. The van der Waals surface area contributed by atoms with Crippen LogP contribution in [0.3, 0.4) is 0 Å². The number of amides is 1. The predicted molar refractivity (Wildman–Crippen MR) is 116 cm³/mol. The molecule has 1 N–H and O–H groups in total. The van der Waals surface area contributed by atoms with Gasteiger partial charge in [-0.1, -0.05) is 53.7 Å². The highest BCUT2D eigenvalue weighted by Gasteiger charge is 2.13. The number of imidazole rings is 1. The molecule has 0 saturated carbocycles. The Kier molecular flexibility index (Phi) is 5.62. The Morgan fingerprint density at radius 1 is 1.03 bits per heavy atom. The molecule has 4 rings (SSSR count). The number of nitrogens with zero attached hydrogens (tertiary/aromatic N) is 2. The van der Waals surface area contributed by atoms with E-state index in [0.717, 1.165) is 16.2 Å². The van der Waals surface area contributed by atoms with Gasteiger partial charge in [0.15, 0.2) is 5.16 Å². The summed E-state index contributed by atoms with van der Waals surface area (Å²) in [7, 11) is 0. The summed E-state index contributed by atoms with van der Waals surface area (Å²) in [4.78, 5) is 17.0. The summed E-state index contributed by atoms with van der Waals surface area (Å²) < 4.78 is 15.1. The highest BCUT2D eigenvalue weighted by molar-refractivity contribution is 7.99. The molecule has 0 bridgehead atoms. The van der Waals surface area contributed by atoms with Gasteiger partial charge in [0.2, 0.25) is 5.91 Å². The minimum Gasteiger partial charge on any atom is -0.325 e. The average molecular weight is 405 g/mol. The topological polar surface area (TPSA) is 46.9 Å². The summed E-state index contributed by atoms with van der Waals surface area (Å²) in [6, 6.07) is 22.1. The third kappa shape index (κ3) is 4.66. The summed E-state index contributed by atoms with van der Waals surface area (Å²) in [5.74, 6) is -0.271. The van der Waals surface area contributed by atoms with E-state index in [2.05, 4.69) is 41.1 Å². The van der Waals surface area contributed by atoms with Crippen molar-refractivity contribution in [3.8, 4) is 0 Å². The Hall–Kier alpha value is -3.12. The molecular weight excluding hydrogens is 385 g/mol. The number of carbonyl (C=O) groups excluding carboxylic acids is 1. The Labute approximate surface area is 172 Å². The van der Waals surface area contributed by atoms with Crippen molar-refractivity contribution in [1.29, 1.82) is 0 Å². The van der Waals surface area contributed by atoms with Gasteiger partial charge in [0.25, 0.3) is 0 Å². The number of fused-ring (bicyclic) bond motifs is 1. The van der Waals surface area contributed by atoms with E-state index in [1.807, 2.05) is 24.3 Å². The van der Waals surface area contributed by atoms with Crippen molar-refractivity contribution in [3.63, 3.8) is 0 Å². The molecule has 3 aromatic carbocycles. The maximum absolute atomic E-state index is 13.0. The number of thioether (sulfide) groups is 1. The largest absolute Gasteiger partial charge is 0.325 e. The molecule has 0 radical (unpaired) electrons. The lowest BCUT2D eigenvalue weighted by molar-refractivity contribution is -0.113. The minimum absolute atomic E-state index is 0.157. The first kappa shape index (κ1) is 19.2. The SMILES string of the molecule is Cc1ccc(Cn2c(SCC(=O)Nc3ccc(F)cc3)nc3ccccc32)cc1. The normalized spacial score (nSPS) is 11.0. The molecule has 4 nitrogen and oxygen atoms in total. The first-order chi connectivity index (χ1) is 14.1. The Morgan fingerprint density at radius 3 is 2.52 bits per heavy atom. The number of nitrogens with one attached hydrogen (secondary N) is 1.